The molecule has 2 aliphatic rings. The van der Waals surface area contributed by atoms with Crippen molar-refractivity contribution in [3.8, 4) is 0 Å². The second kappa shape index (κ2) is 9.81. The third kappa shape index (κ3) is 4.68. The molecule has 1 amide bonds. The second-order valence-electron chi connectivity index (χ2n) is 8.89. The first kappa shape index (κ1) is 21.7. The van der Waals surface area contributed by atoms with Crippen LogP contribution in [-0.4, -0.2) is 47.5 Å². The summed E-state index contributed by atoms with van der Waals surface area (Å²) >= 11 is 0. The predicted molar refractivity (Wildman–Crippen MR) is 129 cm³/mol. The van der Waals surface area contributed by atoms with Crippen molar-refractivity contribution in [3.05, 3.63) is 83.4 Å². The number of piperidine rings is 1. The maximum Gasteiger partial charge on any atom is 0.245 e. The molecule has 1 atom stereocenters. The van der Waals surface area contributed by atoms with Gasteiger partial charge in [-0.25, -0.2) is 9.97 Å². The van der Waals surface area contributed by atoms with Gasteiger partial charge in [0.05, 0.1) is 17.9 Å². The predicted octanol–water partition coefficient (Wildman–Crippen LogP) is 4.27. The topological polar surface area (TPSA) is 58.6 Å². The first-order valence-corrected chi connectivity index (χ1v) is 11.7. The minimum atomic E-state index is 0.125. The lowest BCUT2D eigenvalue weighted by atomic mass is 9.94. The zero-order chi connectivity index (χ0) is 22.6. The summed E-state index contributed by atoms with van der Waals surface area (Å²) in [7, 11) is 1.66. The normalized spacial score (nSPS) is 18.3. The SMILES string of the molecule is COCc1nccc(C2CCCN(CC(=O)N3c4ccccc4CCc4ccccc43)C2)n1. The van der Waals surface area contributed by atoms with Crippen LogP contribution in [0.15, 0.2) is 60.8 Å². The van der Waals surface area contributed by atoms with E-state index in [2.05, 4.69) is 46.3 Å². The number of anilines is 2. The number of benzene rings is 2. The molecule has 5 rings (SSSR count). The lowest BCUT2D eigenvalue weighted by Gasteiger charge is -2.34. The van der Waals surface area contributed by atoms with Crippen LogP contribution in [0.5, 0.6) is 0 Å². The number of fused-ring (bicyclic) bond motifs is 2. The standard InChI is InChI=1S/C27H30N4O2/c1-33-19-26-28-15-14-23(29-26)22-9-6-16-30(17-22)18-27(32)31-24-10-4-2-7-20(24)12-13-21-8-3-5-11-25(21)31/h2-5,7-8,10-11,14-15,22H,6,9,12-13,16-19H2,1H3. The average Bonchev–Trinajstić information content (AvgIpc) is 3.02. The van der Waals surface area contributed by atoms with Gasteiger partial charge in [0.2, 0.25) is 5.91 Å². The lowest BCUT2D eigenvalue weighted by Crippen LogP contribution is -2.42. The molecule has 1 unspecified atom stereocenters. The van der Waals surface area contributed by atoms with Crippen LogP contribution in [0.3, 0.4) is 0 Å². The Balaban J connectivity index is 1.37. The summed E-state index contributed by atoms with van der Waals surface area (Å²) in [6.45, 7) is 2.56. The molecule has 6 nitrogen and oxygen atoms in total. The molecule has 170 valence electrons. The molecule has 3 aromatic rings. The van der Waals surface area contributed by atoms with Crippen molar-refractivity contribution in [2.45, 2.75) is 38.2 Å². The van der Waals surface area contributed by atoms with E-state index in [-0.39, 0.29) is 5.91 Å². The fourth-order valence-corrected chi connectivity index (χ4v) is 5.09. The zero-order valence-electron chi connectivity index (χ0n) is 19.1. The van der Waals surface area contributed by atoms with E-state index >= 15 is 0 Å². The number of methoxy groups -OCH3 is 1. The highest BCUT2D eigenvalue weighted by Gasteiger charge is 2.29. The molecule has 1 saturated heterocycles. The summed E-state index contributed by atoms with van der Waals surface area (Å²) in [5, 5.41) is 0. The Hall–Kier alpha value is -3.09. The van der Waals surface area contributed by atoms with Crippen LogP contribution in [0.4, 0.5) is 11.4 Å². The van der Waals surface area contributed by atoms with Gasteiger partial charge in [-0.3, -0.25) is 14.6 Å². The molecule has 2 aromatic carbocycles. The van der Waals surface area contributed by atoms with E-state index in [0.717, 1.165) is 55.8 Å². The first-order valence-electron chi connectivity index (χ1n) is 11.7. The minimum Gasteiger partial charge on any atom is -0.377 e. The van der Waals surface area contributed by atoms with Crippen molar-refractivity contribution in [2.75, 3.05) is 31.6 Å². The molecule has 33 heavy (non-hydrogen) atoms. The van der Waals surface area contributed by atoms with Crippen LogP contribution in [0.2, 0.25) is 0 Å². The Kier molecular flexibility index (Phi) is 6.46. The first-order chi connectivity index (χ1) is 16.2. The van der Waals surface area contributed by atoms with Gasteiger partial charge in [0.25, 0.3) is 0 Å². The molecule has 6 heteroatoms. The van der Waals surface area contributed by atoms with Crippen LogP contribution in [0.1, 0.15) is 41.4 Å². The Morgan fingerprint density at radius 2 is 1.73 bits per heavy atom. The monoisotopic (exact) mass is 442 g/mol. The highest BCUT2D eigenvalue weighted by Crippen LogP contribution is 2.36. The molecule has 2 aliphatic heterocycles. The number of aryl methyl sites for hydroxylation is 2. The van der Waals surface area contributed by atoms with E-state index in [1.54, 1.807) is 7.11 Å². The molecular formula is C27H30N4O2. The van der Waals surface area contributed by atoms with Crippen molar-refractivity contribution in [1.82, 2.24) is 14.9 Å². The van der Waals surface area contributed by atoms with Gasteiger partial charge in [-0.2, -0.15) is 0 Å². The lowest BCUT2D eigenvalue weighted by molar-refractivity contribution is -0.119. The number of hydrogen-bond acceptors (Lipinski definition) is 5. The van der Waals surface area contributed by atoms with Crippen LogP contribution in [-0.2, 0) is 29.0 Å². The molecule has 0 saturated carbocycles. The maximum absolute atomic E-state index is 13.8. The number of hydrogen-bond donors (Lipinski definition) is 0. The van der Waals surface area contributed by atoms with Crippen molar-refractivity contribution in [3.63, 3.8) is 0 Å². The summed E-state index contributed by atoms with van der Waals surface area (Å²) in [4.78, 5) is 27.0. The van der Waals surface area contributed by atoms with Crippen LogP contribution in [0, 0.1) is 0 Å². The van der Waals surface area contributed by atoms with E-state index in [9.17, 15) is 4.79 Å². The number of nitrogens with zero attached hydrogens (tertiary/aromatic N) is 4. The number of carbonyl (C=O) groups excluding carboxylic acids is 1. The Morgan fingerprint density at radius 1 is 1.03 bits per heavy atom. The summed E-state index contributed by atoms with van der Waals surface area (Å²) < 4.78 is 5.19. The van der Waals surface area contributed by atoms with Gasteiger partial charge in [-0.1, -0.05) is 36.4 Å². The highest BCUT2D eigenvalue weighted by atomic mass is 16.5. The van der Waals surface area contributed by atoms with Crippen molar-refractivity contribution >= 4 is 17.3 Å². The average molecular weight is 443 g/mol. The fourth-order valence-electron chi connectivity index (χ4n) is 5.09. The fraction of sp³-hybridized carbons (Fsp3) is 0.370. The zero-order valence-corrected chi connectivity index (χ0v) is 19.1. The van der Waals surface area contributed by atoms with Gasteiger partial charge < -0.3 is 4.74 Å². The van der Waals surface area contributed by atoms with Crippen LogP contribution < -0.4 is 4.90 Å². The van der Waals surface area contributed by atoms with Crippen molar-refractivity contribution < 1.29 is 9.53 Å². The van der Waals surface area contributed by atoms with Gasteiger partial charge in [0.1, 0.15) is 6.61 Å². The van der Waals surface area contributed by atoms with Crippen molar-refractivity contribution in [2.24, 2.45) is 0 Å². The van der Waals surface area contributed by atoms with E-state index in [0.29, 0.717) is 24.9 Å². The third-order valence-electron chi connectivity index (χ3n) is 6.66. The number of ether oxygens (including phenoxy) is 1. The van der Waals surface area contributed by atoms with Gasteiger partial charge in [0.15, 0.2) is 5.82 Å². The Labute approximate surface area is 195 Å². The smallest absolute Gasteiger partial charge is 0.245 e. The van der Waals surface area contributed by atoms with Gasteiger partial charge >= 0.3 is 0 Å². The van der Waals surface area contributed by atoms with Gasteiger partial charge in [-0.15, -0.1) is 0 Å². The van der Waals surface area contributed by atoms with E-state index in [1.165, 1.54) is 11.1 Å². The summed E-state index contributed by atoms with van der Waals surface area (Å²) in [5.41, 5.74) is 5.53. The number of aromatic nitrogens is 2. The minimum absolute atomic E-state index is 0.125. The molecule has 0 N–H and O–H groups in total. The maximum atomic E-state index is 13.8. The van der Waals surface area contributed by atoms with Gasteiger partial charge in [0, 0.05) is 31.5 Å². The van der Waals surface area contributed by atoms with Crippen LogP contribution in [0.25, 0.3) is 0 Å². The molecule has 0 bridgehead atoms. The van der Waals surface area contributed by atoms with Crippen LogP contribution >= 0.6 is 0 Å². The quantitative estimate of drug-likeness (QED) is 0.591. The van der Waals surface area contributed by atoms with Gasteiger partial charge in [-0.05, 0) is 61.6 Å². The number of rotatable bonds is 5. The molecule has 0 spiro atoms. The molecular weight excluding hydrogens is 412 g/mol. The summed E-state index contributed by atoms with van der Waals surface area (Å²) in [6, 6.07) is 18.6. The van der Waals surface area contributed by atoms with E-state index in [1.807, 2.05) is 29.3 Å². The number of amides is 1. The largest absolute Gasteiger partial charge is 0.377 e. The van der Waals surface area contributed by atoms with E-state index in [4.69, 9.17) is 9.72 Å². The third-order valence-corrected chi connectivity index (χ3v) is 6.66. The molecule has 1 fully saturated rings. The molecule has 0 radical (unpaired) electrons. The number of para-hydroxylation sites is 2. The molecule has 0 aliphatic carbocycles. The molecule has 1 aromatic heterocycles. The highest BCUT2D eigenvalue weighted by molar-refractivity contribution is 6.03. The van der Waals surface area contributed by atoms with E-state index < -0.39 is 0 Å². The van der Waals surface area contributed by atoms with Crippen molar-refractivity contribution in [1.29, 1.82) is 0 Å². The summed E-state index contributed by atoms with van der Waals surface area (Å²) in [6.07, 6.45) is 5.82. The Morgan fingerprint density at radius 3 is 2.42 bits per heavy atom. The summed E-state index contributed by atoms with van der Waals surface area (Å²) in [5.74, 6) is 1.13. The number of carbonyl (C=O) groups is 1. The Bertz CT molecular complexity index is 1080. The molecule has 3 heterocycles. The number of likely N-dealkylation sites (tertiary alicyclic amines) is 1. The second-order valence-corrected chi connectivity index (χ2v) is 8.89.